The second-order valence-electron chi connectivity index (χ2n) is 9.24. The first-order chi connectivity index (χ1) is 17.4. The molecule has 2 aliphatic rings. The maximum Gasteiger partial charge on any atom is 0.334 e. The zero-order chi connectivity index (χ0) is 27.0. The van der Waals surface area contributed by atoms with Crippen molar-refractivity contribution in [2.45, 2.75) is 52.6 Å². The molecule has 0 aliphatic carbocycles. The molecule has 12 heteroatoms. The molecule has 1 N–H and O–H groups in total. The minimum absolute atomic E-state index is 0.165. The SMILES string of the molecule is CC1(C)[C@H](C(=O)OCC(Cl)(Cl)Cl)N2C(=O)[C@@H](NC(=O)C(OCc3ccccc3)c3ccccc3)[C@H]2[S+]1[O-]. The molecule has 2 unspecified atom stereocenters. The van der Waals surface area contributed by atoms with Gasteiger partial charge in [-0.25, -0.2) is 4.79 Å². The summed E-state index contributed by atoms with van der Waals surface area (Å²) in [6, 6.07) is 16.0. The Hall–Kier alpha value is -2.01. The second kappa shape index (κ2) is 11.0. The number of ether oxygens (including phenoxy) is 2. The number of amides is 2. The van der Waals surface area contributed by atoms with Gasteiger partial charge < -0.3 is 19.3 Å². The summed E-state index contributed by atoms with van der Waals surface area (Å²) >= 11 is 15.3. The Balaban J connectivity index is 1.50. The third-order valence-electron chi connectivity index (χ3n) is 6.25. The van der Waals surface area contributed by atoms with Gasteiger partial charge >= 0.3 is 5.97 Å². The van der Waals surface area contributed by atoms with Gasteiger partial charge in [0, 0.05) is 0 Å². The molecule has 2 heterocycles. The summed E-state index contributed by atoms with van der Waals surface area (Å²) < 4.78 is 21.4. The first kappa shape index (κ1) is 28.0. The molecule has 2 aliphatic heterocycles. The molecule has 8 nitrogen and oxygen atoms in total. The summed E-state index contributed by atoms with van der Waals surface area (Å²) in [4.78, 5) is 40.5. The Morgan fingerprint density at radius 3 is 2.30 bits per heavy atom. The topological polar surface area (TPSA) is 108 Å². The largest absolute Gasteiger partial charge is 0.614 e. The molecule has 0 bridgehead atoms. The predicted octanol–water partition coefficient (Wildman–Crippen LogP) is 3.42. The maximum absolute atomic E-state index is 13.4. The lowest BCUT2D eigenvalue weighted by molar-refractivity contribution is -0.165. The molecule has 0 saturated carbocycles. The van der Waals surface area contributed by atoms with Crippen LogP contribution in [0.25, 0.3) is 0 Å². The maximum atomic E-state index is 13.4. The van der Waals surface area contributed by atoms with Crippen LogP contribution in [0.4, 0.5) is 0 Å². The fraction of sp³-hybridized carbons (Fsp3) is 0.400. The van der Waals surface area contributed by atoms with E-state index in [2.05, 4.69) is 5.32 Å². The third kappa shape index (κ3) is 5.87. The number of alkyl halides is 3. The normalized spacial score (nSPS) is 25.1. The fourth-order valence-electron chi connectivity index (χ4n) is 4.44. The van der Waals surface area contributed by atoms with Crippen LogP contribution in [-0.2, 0) is 41.6 Å². The van der Waals surface area contributed by atoms with Crippen LogP contribution < -0.4 is 5.32 Å². The highest BCUT2D eigenvalue weighted by atomic mass is 35.6. The van der Waals surface area contributed by atoms with Crippen molar-refractivity contribution < 1.29 is 28.4 Å². The number of hydrogen-bond acceptors (Lipinski definition) is 6. The molecular weight excluding hydrogens is 563 g/mol. The lowest BCUT2D eigenvalue weighted by Crippen LogP contribution is -2.72. The highest BCUT2D eigenvalue weighted by Crippen LogP contribution is 2.46. The Morgan fingerprint density at radius 2 is 1.70 bits per heavy atom. The van der Waals surface area contributed by atoms with Crippen molar-refractivity contribution in [2.24, 2.45) is 0 Å². The highest BCUT2D eigenvalue weighted by molar-refractivity contribution is 7.94. The summed E-state index contributed by atoms with van der Waals surface area (Å²) in [5.74, 6) is -1.95. The Bertz CT molecular complexity index is 1150. The number of benzene rings is 2. The monoisotopic (exact) mass is 586 g/mol. The van der Waals surface area contributed by atoms with Crippen LogP contribution in [0.15, 0.2) is 60.7 Å². The Morgan fingerprint density at radius 1 is 1.11 bits per heavy atom. The molecule has 0 spiro atoms. The molecule has 2 aromatic rings. The lowest BCUT2D eigenvalue weighted by Gasteiger charge is -2.41. The van der Waals surface area contributed by atoms with Crippen LogP contribution in [0.3, 0.4) is 0 Å². The lowest BCUT2D eigenvalue weighted by atomic mass is 9.95. The number of rotatable bonds is 8. The van der Waals surface area contributed by atoms with E-state index in [1.54, 1.807) is 38.1 Å². The van der Waals surface area contributed by atoms with E-state index in [1.807, 2.05) is 36.4 Å². The smallest absolute Gasteiger partial charge is 0.334 e. The van der Waals surface area contributed by atoms with Crippen LogP contribution in [-0.4, -0.2) is 59.8 Å². The summed E-state index contributed by atoms with van der Waals surface area (Å²) in [6.07, 6.45) is -1.02. The molecule has 2 fully saturated rings. The van der Waals surface area contributed by atoms with Gasteiger partial charge in [-0.2, -0.15) is 0 Å². The summed E-state index contributed by atoms with van der Waals surface area (Å²) in [5.41, 5.74) is 1.47. The predicted molar refractivity (Wildman–Crippen MR) is 140 cm³/mol. The van der Waals surface area contributed by atoms with Gasteiger partial charge in [-0.15, -0.1) is 0 Å². The van der Waals surface area contributed by atoms with E-state index in [9.17, 15) is 18.9 Å². The van der Waals surface area contributed by atoms with Crippen LogP contribution in [0.2, 0.25) is 0 Å². The number of hydrogen-bond donors (Lipinski definition) is 1. The number of halogens is 3. The summed E-state index contributed by atoms with van der Waals surface area (Å²) in [7, 11) is 0. The van der Waals surface area contributed by atoms with Crippen molar-refractivity contribution in [3.05, 3.63) is 71.8 Å². The molecule has 5 atom stereocenters. The van der Waals surface area contributed by atoms with Crippen LogP contribution in [0, 0.1) is 0 Å². The van der Waals surface area contributed by atoms with Gasteiger partial charge in [-0.3, -0.25) is 14.5 Å². The third-order valence-corrected chi connectivity index (χ3v) is 8.78. The fourth-order valence-corrected chi connectivity index (χ4v) is 6.52. The molecule has 198 valence electrons. The number of carbonyl (C=O) groups excluding carboxylic acids is 3. The number of fused-ring (bicyclic) bond motifs is 1. The van der Waals surface area contributed by atoms with Crippen molar-refractivity contribution in [3.63, 3.8) is 0 Å². The number of carbonyl (C=O) groups is 3. The first-order valence-electron chi connectivity index (χ1n) is 11.4. The summed E-state index contributed by atoms with van der Waals surface area (Å²) in [5, 5.41) is 1.78. The number of β-lactam (4-membered cyclic amide) rings is 1. The van der Waals surface area contributed by atoms with Crippen LogP contribution in [0.5, 0.6) is 0 Å². The molecule has 2 amide bonds. The molecular formula is C25H25Cl3N2O6S. The molecule has 4 rings (SSSR count). The molecule has 2 aromatic carbocycles. The van der Waals surface area contributed by atoms with Gasteiger partial charge in [0.2, 0.25) is 9.17 Å². The van der Waals surface area contributed by atoms with Gasteiger partial charge in [0.05, 0.1) is 6.61 Å². The molecule has 37 heavy (non-hydrogen) atoms. The van der Waals surface area contributed by atoms with Gasteiger partial charge in [-0.1, -0.05) is 95.5 Å². The van der Waals surface area contributed by atoms with E-state index in [0.717, 1.165) is 5.56 Å². The number of nitrogens with one attached hydrogen (secondary N) is 1. The van der Waals surface area contributed by atoms with Crippen LogP contribution >= 0.6 is 34.8 Å². The van der Waals surface area contributed by atoms with E-state index >= 15 is 0 Å². The van der Waals surface area contributed by atoms with E-state index in [1.165, 1.54) is 4.90 Å². The highest BCUT2D eigenvalue weighted by Gasteiger charge is 2.73. The van der Waals surface area contributed by atoms with Gasteiger partial charge in [0.15, 0.2) is 22.9 Å². The minimum Gasteiger partial charge on any atom is -0.614 e. The number of esters is 1. The zero-order valence-electron chi connectivity index (χ0n) is 19.9. The molecule has 0 radical (unpaired) electrons. The number of nitrogens with zero attached hydrogens (tertiary/aromatic N) is 1. The van der Waals surface area contributed by atoms with Crippen molar-refractivity contribution >= 4 is 63.8 Å². The Labute approximate surface area is 232 Å². The van der Waals surface area contributed by atoms with E-state index in [-0.39, 0.29) is 6.61 Å². The van der Waals surface area contributed by atoms with Crippen molar-refractivity contribution in [1.82, 2.24) is 10.2 Å². The van der Waals surface area contributed by atoms with Crippen molar-refractivity contribution in [1.29, 1.82) is 0 Å². The Kier molecular flexibility index (Phi) is 8.33. The molecule has 0 aromatic heterocycles. The first-order valence-corrected chi connectivity index (χ1v) is 13.7. The minimum atomic E-state index is -1.83. The van der Waals surface area contributed by atoms with E-state index < -0.39 is 67.7 Å². The van der Waals surface area contributed by atoms with Crippen molar-refractivity contribution in [3.8, 4) is 0 Å². The van der Waals surface area contributed by atoms with Crippen LogP contribution in [0.1, 0.15) is 31.1 Å². The average molecular weight is 588 g/mol. The van der Waals surface area contributed by atoms with Gasteiger partial charge in [0.25, 0.3) is 11.8 Å². The second-order valence-corrected chi connectivity index (χ2v) is 13.9. The van der Waals surface area contributed by atoms with Gasteiger partial charge in [0.1, 0.15) is 6.61 Å². The quantitative estimate of drug-likeness (QED) is 0.220. The van der Waals surface area contributed by atoms with E-state index in [4.69, 9.17) is 44.3 Å². The summed E-state index contributed by atoms with van der Waals surface area (Å²) in [6.45, 7) is 2.81. The van der Waals surface area contributed by atoms with E-state index in [0.29, 0.717) is 5.56 Å². The standard InChI is InChI=1S/C25H25Cl3N2O6S/c1-24(2)19(23(33)36-14-25(26,27)28)30-21(32)17(22(30)37(24)34)29-20(31)18(16-11-7-4-8-12-16)35-13-15-9-5-3-6-10-15/h3-12,17-19,22H,13-14H2,1-2H3,(H,29,31)/t17-,18?,19+,22-,37?/m1/s1. The molecule has 2 saturated heterocycles. The van der Waals surface area contributed by atoms with Crippen molar-refractivity contribution in [2.75, 3.05) is 6.61 Å². The van der Waals surface area contributed by atoms with Gasteiger partial charge in [-0.05, 0) is 36.2 Å². The zero-order valence-corrected chi connectivity index (χ0v) is 23.0. The average Bonchev–Trinajstić information content (AvgIpc) is 3.05.